The fraction of sp³-hybridized carbons (Fsp3) is 0.542. The second kappa shape index (κ2) is 12.0. The van der Waals surface area contributed by atoms with Crippen molar-refractivity contribution in [3.8, 4) is 0 Å². The number of hydrogen-bond acceptors (Lipinski definition) is 8. The molecule has 12 nitrogen and oxygen atoms in total. The normalized spacial score (nSPS) is 17.4. The number of sulfonamides is 1. The van der Waals surface area contributed by atoms with Crippen molar-refractivity contribution in [3.63, 3.8) is 0 Å². The van der Waals surface area contributed by atoms with Gasteiger partial charge in [0.1, 0.15) is 6.04 Å². The summed E-state index contributed by atoms with van der Waals surface area (Å²) in [7, 11) is -4.31. The highest BCUT2D eigenvalue weighted by Gasteiger charge is 2.45. The first-order valence-corrected chi connectivity index (χ1v) is 13.7. The summed E-state index contributed by atoms with van der Waals surface area (Å²) in [6.45, 7) is 7.91. The number of nitrogens with zero attached hydrogens (tertiary/aromatic N) is 1. The van der Waals surface area contributed by atoms with Crippen LogP contribution in [0.3, 0.4) is 0 Å². The van der Waals surface area contributed by atoms with Gasteiger partial charge in [-0.05, 0) is 64.5 Å². The molecule has 0 bridgehead atoms. The van der Waals surface area contributed by atoms with Gasteiger partial charge in [0.05, 0.1) is 17.2 Å². The number of imidazole rings is 1. The van der Waals surface area contributed by atoms with Gasteiger partial charge in [0.25, 0.3) is 0 Å². The van der Waals surface area contributed by atoms with E-state index in [1.54, 1.807) is 32.2 Å². The highest BCUT2D eigenvalue weighted by molar-refractivity contribution is 7.89. The molecule has 1 aromatic carbocycles. The standard InChI is InChI=1S/C24H36N6O6S/c1-15-12-16(2)20(17(3)13-15)37(34,35)30-24(22(32)33,28-21(31)19-8-11-36-29-19)9-6-5-7-10-25-23-26-14-18(4)27-23/h12-14,19,29-30H,5-11H2,1-4H3,(H,28,31)(H,32,33)(H2,25,26,27). The second-order valence-electron chi connectivity index (χ2n) is 9.47. The highest BCUT2D eigenvalue weighted by atomic mass is 32.2. The zero-order chi connectivity index (χ0) is 27.2. The molecule has 0 spiro atoms. The van der Waals surface area contributed by atoms with E-state index in [1.165, 1.54) is 0 Å². The number of aromatic nitrogens is 2. The molecule has 1 aromatic heterocycles. The fourth-order valence-electron chi connectivity index (χ4n) is 4.49. The van der Waals surface area contributed by atoms with Gasteiger partial charge >= 0.3 is 5.97 Å². The van der Waals surface area contributed by atoms with Crippen molar-refractivity contribution in [1.29, 1.82) is 0 Å². The maximum atomic E-state index is 13.5. The zero-order valence-corrected chi connectivity index (χ0v) is 22.4. The van der Waals surface area contributed by atoms with Crippen LogP contribution in [0.2, 0.25) is 0 Å². The Labute approximate surface area is 217 Å². The van der Waals surface area contributed by atoms with Crippen molar-refractivity contribution >= 4 is 27.8 Å². The third-order valence-corrected chi connectivity index (χ3v) is 7.96. The smallest absolute Gasteiger partial charge is 0.345 e. The summed E-state index contributed by atoms with van der Waals surface area (Å²) in [5.74, 6) is -1.50. The largest absolute Gasteiger partial charge is 0.478 e. The van der Waals surface area contributed by atoms with Gasteiger partial charge in [-0.2, -0.15) is 10.2 Å². The third-order valence-electron chi connectivity index (χ3n) is 6.16. The molecule has 0 saturated carbocycles. The number of carbonyl (C=O) groups is 2. The first kappa shape index (κ1) is 28.6. The van der Waals surface area contributed by atoms with E-state index in [-0.39, 0.29) is 17.9 Å². The number of anilines is 1. The monoisotopic (exact) mass is 536 g/mol. The molecule has 2 heterocycles. The van der Waals surface area contributed by atoms with Crippen LogP contribution in [-0.4, -0.2) is 60.2 Å². The van der Waals surface area contributed by atoms with Crippen LogP contribution in [0.1, 0.15) is 54.5 Å². The van der Waals surface area contributed by atoms with E-state index in [9.17, 15) is 23.1 Å². The van der Waals surface area contributed by atoms with E-state index >= 15 is 0 Å². The number of aromatic amines is 1. The molecule has 1 fully saturated rings. The van der Waals surface area contributed by atoms with Gasteiger partial charge in [0.2, 0.25) is 21.6 Å². The van der Waals surface area contributed by atoms with Crippen LogP contribution in [0.4, 0.5) is 5.95 Å². The van der Waals surface area contributed by atoms with E-state index in [1.807, 2.05) is 13.8 Å². The number of amides is 1. The van der Waals surface area contributed by atoms with Crippen LogP contribution in [0.5, 0.6) is 0 Å². The Bertz CT molecular complexity index is 1200. The number of aryl methyl sites for hydroxylation is 4. The maximum Gasteiger partial charge on any atom is 0.345 e. The Morgan fingerprint density at radius 3 is 2.43 bits per heavy atom. The van der Waals surface area contributed by atoms with Crippen LogP contribution in [0.15, 0.2) is 23.2 Å². The molecule has 0 aliphatic carbocycles. The molecule has 2 aromatic rings. The molecular formula is C24H36N6O6S. The Kier molecular flexibility index (Phi) is 9.29. The molecule has 1 saturated heterocycles. The summed E-state index contributed by atoms with van der Waals surface area (Å²) in [6, 6.07) is 2.65. The molecule has 1 amide bonds. The Balaban J connectivity index is 1.78. The highest BCUT2D eigenvalue weighted by Crippen LogP contribution is 2.25. The lowest BCUT2D eigenvalue weighted by atomic mass is 10.0. The Morgan fingerprint density at radius 2 is 1.86 bits per heavy atom. The summed E-state index contributed by atoms with van der Waals surface area (Å²) < 4.78 is 29.4. The average Bonchev–Trinajstić information content (AvgIpc) is 3.46. The summed E-state index contributed by atoms with van der Waals surface area (Å²) >= 11 is 0. The molecule has 1 aliphatic rings. The minimum atomic E-state index is -4.31. The number of rotatable bonds is 13. The number of carbonyl (C=O) groups excluding carboxylic acids is 1. The summed E-state index contributed by atoms with van der Waals surface area (Å²) in [5, 5.41) is 15.9. The van der Waals surface area contributed by atoms with Crippen LogP contribution in [0, 0.1) is 27.7 Å². The van der Waals surface area contributed by atoms with Crippen LogP contribution in [-0.2, 0) is 24.4 Å². The molecular weight excluding hydrogens is 500 g/mol. The van der Waals surface area contributed by atoms with Crippen LogP contribution >= 0.6 is 0 Å². The van der Waals surface area contributed by atoms with E-state index in [0.29, 0.717) is 49.3 Å². The molecule has 6 N–H and O–H groups in total. The number of carboxylic acid groups (broad SMARTS) is 1. The van der Waals surface area contributed by atoms with Gasteiger partial charge in [-0.1, -0.05) is 24.1 Å². The van der Waals surface area contributed by atoms with E-state index in [0.717, 1.165) is 11.3 Å². The summed E-state index contributed by atoms with van der Waals surface area (Å²) in [5.41, 5.74) is 3.02. The molecule has 1 aliphatic heterocycles. The first-order chi connectivity index (χ1) is 17.4. The minimum Gasteiger partial charge on any atom is -0.478 e. The van der Waals surface area contributed by atoms with Crippen LogP contribution in [0.25, 0.3) is 0 Å². The SMILES string of the molecule is Cc1cc(C)c(S(=O)(=O)NC(CCCCCNc2nc(C)c[nH]2)(NC(=O)C2CCON2)C(=O)O)c(C)c1. The number of benzene rings is 1. The number of hydroxylamine groups is 1. The van der Waals surface area contributed by atoms with Gasteiger partial charge < -0.3 is 25.6 Å². The van der Waals surface area contributed by atoms with Crippen molar-refractivity contribution in [2.75, 3.05) is 18.5 Å². The van der Waals surface area contributed by atoms with E-state index in [4.69, 9.17) is 4.84 Å². The van der Waals surface area contributed by atoms with Gasteiger partial charge in [0, 0.05) is 12.7 Å². The number of H-pyrrole nitrogens is 1. The predicted octanol–water partition coefficient (Wildman–Crippen LogP) is 1.78. The lowest BCUT2D eigenvalue weighted by Crippen LogP contribution is -2.67. The zero-order valence-electron chi connectivity index (χ0n) is 21.6. The van der Waals surface area contributed by atoms with E-state index < -0.39 is 33.6 Å². The van der Waals surface area contributed by atoms with Crippen LogP contribution < -0.4 is 20.8 Å². The second-order valence-corrected chi connectivity index (χ2v) is 11.1. The predicted molar refractivity (Wildman–Crippen MR) is 137 cm³/mol. The van der Waals surface area contributed by atoms with E-state index in [2.05, 4.69) is 30.8 Å². The van der Waals surface area contributed by atoms with Gasteiger partial charge in [-0.25, -0.2) is 18.2 Å². The molecule has 2 atom stereocenters. The van der Waals surface area contributed by atoms with Crippen molar-refractivity contribution in [1.82, 2.24) is 25.5 Å². The van der Waals surface area contributed by atoms with Crippen molar-refractivity contribution < 1.29 is 28.0 Å². The first-order valence-electron chi connectivity index (χ1n) is 12.2. The summed E-state index contributed by atoms with van der Waals surface area (Å²) in [6.07, 6.45) is 3.58. The van der Waals surface area contributed by atoms with Crippen molar-refractivity contribution in [3.05, 3.63) is 40.7 Å². The average molecular weight is 537 g/mol. The Morgan fingerprint density at radius 1 is 1.16 bits per heavy atom. The number of aliphatic carboxylic acids is 1. The molecule has 3 rings (SSSR count). The van der Waals surface area contributed by atoms with Crippen molar-refractivity contribution in [2.24, 2.45) is 0 Å². The maximum absolute atomic E-state index is 13.5. The molecule has 37 heavy (non-hydrogen) atoms. The minimum absolute atomic E-state index is 0.00163. The molecule has 204 valence electrons. The Hall–Kier alpha value is -3.00. The lowest BCUT2D eigenvalue weighted by Gasteiger charge is -2.32. The number of unbranched alkanes of at least 4 members (excludes halogenated alkanes) is 2. The van der Waals surface area contributed by atoms with Gasteiger partial charge in [0.15, 0.2) is 5.95 Å². The van der Waals surface area contributed by atoms with Gasteiger partial charge in [-0.3, -0.25) is 4.79 Å². The van der Waals surface area contributed by atoms with Gasteiger partial charge in [-0.15, -0.1) is 0 Å². The topological polar surface area (TPSA) is 175 Å². The number of nitrogens with one attached hydrogen (secondary N) is 5. The fourth-order valence-corrected chi connectivity index (χ4v) is 6.26. The van der Waals surface area contributed by atoms with Crippen molar-refractivity contribution in [2.45, 2.75) is 76.4 Å². The molecule has 0 radical (unpaired) electrons. The lowest BCUT2D eigenvalue weighted by molar-refractivity contribution is -0.149. The number of hydrogen-bond donors (Lipinski definition) is 6. The third kappa shape index (κ3) is 7.28. The molecule has 2 unspecified atom stereocenters. The number of carboxylic acids is 1. The molecule has 13 heteroatoms. The summed E-state index contributed by atoms with van der Waals surface area (Å²) in [4.78, 5) is 37.8. The quantitative estimate of drug-likeness (QED) is 0.165.